The van der Waals surface area contributed by atoms with Gasteiger partial charge in [0.1, 0.15) is 12.4 Å². The lowest BCUT2D eigenvalue weighted by Gasteiger charge is -2.13. The Balaban J connectivity index is 3.03. The minimum Gasteiger partial charge on any atom is -0.490 e. The monoisotopic (exact) mass is 270 g/mol. The van der Waals surface area contributed by atoms with E-state index in [2.05, 4.69) is 5.16 Å². The van der Waals surface area contributed by atoms with E-state index in [9.17, 15) is 0 Å². The van der Waals surface area contributed by atoms with Crippen LogP contribution in [0.25, 0.3) is 0 Å². The molecule has 0 spiro atoms. The van der Waals surface area contributed by atoms with Gasteiger partial charge >= 0.3 is 0 Å². The van der Waals surface area contributed by atoms with Crippen molar-refractivity contribution >= 4 is 17.6 Å². The summed E-state index contributed by atoms with van der Waals surface area (Å²) in [5.74, 6) is 1.55. The van der Waals surface area contributed by atoms with E-state index in [4.69, 9.17) is 20.4 Å². The molecule has 0 unspecified atom stereocenters. The Labute approximate surface area is 111 Å². The van der Waals surface area contributed by atoms with Crippen LogP contribution in [0, 0.1) is 0 Å². The van der Waals surface area contributed by atoms with Crippen LogP contribution in [-0.4, -0.2) is 37.1 Å². The molecule has 0 aliphatic rings. The SMILES string of the molecule is CCSc1cccc(OCCOC)c1/C(N)=N/O. The second-order valence-electron chi connectivity index (χ2n) is 3.39. The second kappa shape index (κ2) is 7.84. The highest BCUT2D eigenvalue weighted by atomic mass is 32.2. The van der Waals surface area contributed by atoms with Gasteiger partial charge in [0, 0.05) is 12.0 Å². The van der Waals surface area contributed by atoms with Gasteiger partial charge in [0.2, 0.25) is 0 Å². The first-order chi connectivity index (χ1) is 8.74. The summed E-state index contributed by atoms with van der Waals surface area (Å²) in [6.45, 7) is 2.95. The molecule has 0 saturated carbocycles. The molecule has 1 aromatic carbocycles. The summed E-state index contributed by atoms with van der Waals surface area (Å²) in [6, 6.07) is 5.60. The van der Waals surface area contributed by atoms with E-state index < -0.39 is 0 Å². The van der Waals surface area contributed by atoms with Gasteiger partial charge in [-0.15, -0.1) is 11.8 Å². The smallest absolute Gasteiger partial charge is 0.174 e. The first-order valence-electron chi connectivity index (χ1n) is 5.60. The molecular formula is C12H18N2O3S. The molecule has 3 N–H and O–H groups in total. The average molecular weight is 270 g/mol. The van der Waals surface area contributed by atoms with Gasteiger partial charge in [-0.1, -0.05) is 18.1 Å². The number of nitrogens with zero attached hydrogens (tertiary/aromatic N) is 1. The molecule has 18 heavy (non-hydrogen) atoms. The Bertz CT molecular complexity index is 410. The van der Waals surface area contributed by atoms with Crippen LogP contribution in [0.2, 0.25) is 0 Å². The maximum Gasteiger partial charge on any atom is 0.174 e. The van der Waals surface area contributed by atoms with Crippen molar-refractivity contribution in [2.45, 2.75) is 11.8 Å². The predicted molar refractivity (Wildman–Crippen MR) is 72.7 cm³/mol. The number of methoxy groups -OCH3 is 1. The minimum atomic E-state index is 0.0546. The Morgan fingerprint density at radius 1 is 1.44 bits per heavy atom. The lowest BCUT2D eigenvalue weighted by Crippen LogP contribution is -2.17. The lowest BCUT2D eigenvalue weighted by atomic mass is 10.2. The van der Waals surface area contributed by atoms with E-state index in [0.29, 0.717) is 24.5 Å². The van der Waals surface area contributed by atoms with Crippen LogP contribution in [0.4, 0.5) is 0 Å². The quantitative estimate of drug-likeness (QED) is 0.198. The Kier molecular flexibility index (Phi) is 6.38. The van der Waals surface area contributed by atoms with Gasteiger partial charge in [0.25, 0.3) is 0 Å². The summed E-state index contributed by atoms with van der Waals surface area (Å²) in [7, 11) is 1.61. The maximum absolute atomic E-state index is 8.85. The Morgan fingerprint density at radius 3 is 2.83 bits per heavy atom. The van der Waals surface area contributed by atoms with E-state index in [1.54, 1.807) is 24.9 Å². The molecule has 5 nitrogen and oxygen atoms in total. The molecule has 0 aromatic heterocycles. The molecule has 6 heteroatoms. The molecule has 0 saturated heterocycles. The molecule has 0 aliphatic heterocycles. The third kappa shape index (κ3) is 3.82. The average Bonchev–Trinajstić information content (AvgIpc) is 2.39. The predicted octanol–water partition coefficient (Wildman–Crippen LogP) is 1.92. The molecular weight excluding hydrogens is 252 g/mol. The van der Waals surface area contributed by atoms with Crippen LogP contribution in [0.5, 0.6) is 5.75 Å². The third-order valence-corrected chi connectivity index (χ3v) is 3.14. The van der Waals surface area contributed by atoms with Gasteiger partial charge in [0.05, 0.1) is 12.2 Å². The standard InChI is InChI=1S/C12H18N2O3S/c1-3-18-10-6-4-5-9(17-8-7-16-2)11(10)12(13)14-15/h4-6,15H,3,7-8H2,1-2H3,(H2,13,14). The Hall–Kier alpha value is -1.40. The molecule has 0 atom stereocenters. The van der Waals surface area contributed by atoms with E-state index in [1.807, 2.05) is 19.1 Å². The highest BCUT2D eigenvalue weighted by Gasteiger charge is 2.14. The van der Waals surface area contributed by atoms with Gasteiger partial charge in [-0.05, 0) is 17.9 Å². The largest absolute Gasteiger partial charge is 0.490 e. The summed E-state index contributed by atoms with van der Waals surface area (Å²) < 4.78 is 10.5. The number of amidine groups is 1. The lowest BCUT2D eigenvalue weighted by molar-refractivity contribution is 0.146. The van der Waals surface area contributed by atoms with Crippen molar-refractivity contribution in [1.82, 2.24) is 0 Å². The number of nitrogens with two attached hydrogens (primary N) is 1. The number of hydrogen-bond acceptors (Lipinski definition) is 5. The normalized spacial score (nSPS) is 11.6. The van der Waals surface area contributed by atoms with Crippen molar-refractivity contribution in [3.63, 3.8) is 0 Å². The summed E-state index contributed by atoms with van der Waals surface area (Å²) in [6.07, 6.45) is 0. The fourth-order valence-electron chi connectivity index (χ4n) is 1.44. The second-order valence-corrected chi connectivity index (χ2v) is 4.69. The molecule has 0 amide bonds. The summed E-state index contributed by atoms with van der Waals surface area (Å²) in [4.78, 5) is 0.933. The van der Waals surface area contributed by atoms with Crippen LogP contribution in [0.15, 0.2) is 28.3 Å². The molecule has 0 aliphatic carbocycles. The first-order valence-corrected chi connectivity index (χ1v) is 6.58. The van der Waals surface area contributed by atoms with E-state index in [0.717, 1.165) is 10.6 Å². The Morgan fingerprint density at radius 2 is 2.22 bits per heavy atom. The summed E-state index contributed by atoms with van der Waals surface area (Å²) in [5, 5.41) is 11.9. The third-order valence-electron chi connectivity index (χ3n) is 2.20. The number of hydrogen-bond donors (Lipinski definition) is 2. The topological polar surface area (TPSA) is 77.1 Å². The van der Waals surface area contributed by atoms with Gasteiger partial charge in [-0.3, -0.25) is 0 Å². The molecule has 0 fully saturated rings. The van der Waals surface area contributed by atoms with Crippen LogP contribution in [0.1, 0.15) is 12.5 Å². The number of rotatable bonds is 7. The van der Waals surface area contributed by atoms with Crippen LogP contribution < -0.4 is 10.5 Å². The van der Waals surface area contributed by atoms with Crippen LogP contribution in [0.3, 0.4) is 0 Å². The van der Waals surface area contributed by atoms with Crippen LogP contribution >= 0.6 is 11.8 Å². The molecule has 100 valence electrons. The number of oxime groups is 1. The maximum atomic E-state index is 8.85. The van der Waals surface area contributed by atoms with Gasteiger partial charge < -0.3 is 20.4 Å². The highest BCUT2D eigenvalue weighted by Crippen LogP contribution is 2.29. The van der Waals surface area contributed by atoms with Crippen molar-refractivity contribution in [1.29, 1.82) is 0 Å². The van der Waals surface area contributed by atoms with E-state index >= 15 is 0 Å². The molecule has 0 bridgehead atoms. The van der Waals surface area contributed by atoms with Crippen molar-refractivity contribution in [2.75, 3.05) is 26.1 Å². The number of ether oxygens (including phenoxy) is 2. The number of benzene rings is 1. The van der Waals surface area contributed by atoms with E-state index in [1.165, 1.54) is 0 Å². The van der Waals surface area contributed by atoms with Crippen molar-refractivity contribution in [2.24, 2.45) is 10.9 Å². The molecule has 1 aromatic rings. The molecule has 0 radical (unpaired) electrons. The number of thioether (sulfide) groups is 1. The van der Waals surface area contributed by atoms with Crippen molar-refractivity contribution in [3.8, 4) is 5.75 Å². The fraction of sp³-hybridized carbons (Fsp3) is 0.417. The van der Waals surface area contributed by atoms with Crippen molar-refractivity contribution < 1.29 is 14.7 Å². The van der Waals surface area contributed by atoms with Gasteiger partial charge in [-0.25, -0.2) is 0 Å². The summed E-state index contributed by atoms with van der Waals surface area (Å²) >= 11 is 1.62. The zero-order valence-corrected chi connectivity index (χ0v) is 11.4. The van der Waals surface area contributed by atoms with Gasteiger partial charge in [0.15, 0.2) is 5.84 Å². The zero-order valence-electron chi connectivity index (χ0n) is 10.5. The highest BCUT2D eigenvalue weighted by molar-refractivity contribution is 7.99. The minimum absolute atomic E-state index is 0.0546. The zero-order chi connectivity index (χ0) is 13.4. The van der Waals surface area contributed by atoms with Crippen molar-refractivity contribution in [3.05, 3.63) is 23.8 Å². The molecule has 0 heterocycles. The molecule has 1 rings (SSSR count). The summed E-state index contributed by atoms with van der Waals surface area (Å²) in [5.41, 5.74) is 6.33. The van der Waals surface area contributed by atoms with Gasteiger partial charge in [-0.2, -0.15) is 0 Å². The first kappa shape index (κ1) is 14.7. The fourth-order valence-corrected chi connectivity index (χ4v) is 2.28. The van der Waals surface area contributed by atoms with Crippen LogP contribution in [-0.2, 0) is 4.74 Å². The van der Waals surface area contributed by atoms with E-state index in [-0.39, 0.29) is 5.84 Å².